The lowest BCUT2D eigenvalue weighted by Crippen LogP contribution is -2.12. The summed E-state index contributed by atoms with van der Waals surface area (Å²) in [6.07, 6.45) is 6.23. The molecule has 3 rings (SSSR count). The molecule has 0 atom stereocenters. The number of nitrogens with one attached hydrogen (secondary N) is 1. The molecule has 0 fully saturated rings. The van der Waals surface area contributed by atoms with Gasteiger partial charge in [-0.1, -0.05) is 31.5 Å². The molecule has 1 N–H and O–H groups in total. The number of carbonyl (C=O) groups is 2. The number of thiophene rings is 1. The Hall–Kier alpha value is -2.86. The monoisotopic (exact) mass is 369 g/mol. The number of benzene rings is 1. The average molecular weight is 369 g/mol. The van der Waals surface area contributed by atoms with Crippen LogP contribution in [0.2, 0.25) is 0 Å². The van der Waals surface area contributed by atoms with Crippen LogP contribution in [-0.4, -0.2) is 18.5 Å². The second-order valence-electron chi connectivity index (χ2n) is 5.63. The molecule has 0 unspecified atom stereocenters. The first-order chi connectivity index (χ1) is 12.7. The lowest BCUT2D eigenvalue weighted by Gasteiger charge is -2.06. The minimum absolute atomic E-state index is 0.337. The summed E-state index contributed by atoms with van der Waals surface area (Å²) in [5.74, 6) is -0.174. The fourth-order valence-electron chi connectivity index (χ4n) is 2.42. The number of rotatable bonds is 7. The number of furan rings is 1. The van der Waals surface area contributed by atoms with Crippen molar-refractivity contribution in [3.05, 3.63) is 60.1 Å². The molecule has 6 heteroatoms. The van der Waals surface area contributed by atoms with Crippen molar-refractivity contribution in [2.45, 2.75) is 19.8 Å². The van der Waals surface area contributed by atoms with E-state index in [2.05, 4.69) is 5.32 Å². The van der Waals surface area contributed by atoms with Crippen LogP contribution in [0.1, 0.15) is 35.9 Å². The van der Waals surface area contributed by atoms with E-state index in [1.54, 1.807) is 18.2 Å². The summed E-state index contributed by atoms with van der Waals surface area (Å²) in [5.41, 5.74) is 0.404. The predicted molar refractivity (Wildman–Crippen MR) is 103 cm³/mol. The molecule has 2 aromatic heterocycles. The first-order valence-corrected chi connectivity index (χ1v) is 9.22. The molecule has 0 saturated carbocycles. The molecule has 0 saturated heterocycles. The van der Waals surface area contributed by atoms with Gasteiger partial charge in [0.05, 0.1) is 12.9 Å². The number of carbonyl (C=O) groups excluding carboxylic acids is 2. The van der Waals surface area contributed by atoms with Crippen molar-refractivity contribution in [3.8, 4) is 0 Å². The van der Waals surface area contributed by atoms with Gasteiger partial charge in [0.15, 0.2) is 0 Å². The van der Waals surface area contributed by atoms with Gasteiger partial charge in [0.2, 0.25) is 5.91 Å². The Morgan fingerprint density at radius 2 is 2.08 bits per heavy atom. The van der Waals surface area contributed by atoms with Crippen LogP contribution in [0.25, 0.3) is 16.2 Å². The molecule has 1 aromatic carbocycles. The van der Waals surface area contributed by atoms with Gasteiger partial charge >= 0.3 is 5.97 Å². The maximum absolute atomic E-state index is 12.5. The molecular formula is C20H19NO4S. The van der Waals surface area contributed by atoms with Gasteiger partial charge in [-0.15, -0.1) is 11.3 Å². The second kappa shape index (κ2) is 8.49. The second-order valence-corrected chi connectivity index (χ2v) is 6.68. The van der Waals surface area contributed by atoms with Crippen LogP contribution < -0.4 is 5.32 Å². The van der Waals surface area contributed by atoms with Crippen molar-refractivity contribution in [1.82, 2.24) is 0 Å². The van der Waals surface area contributed by atoms with Crippen molar-refractivity contribution in [3.63, 3.8) is 0 Å². The molecule has 3 aromatic rings. The molecule has 0 spiro atoms. The summed E-state index contributed by atoms with van der Waals surface area (Å²) >= 11 is 1.35. The number of hydrogen-bond acceptors (Lipinski definition) is 5. The van der Waals surface area contributed by atoms with Crippen molar-refractivity contribution in [2.24, 2.45) is 0 Å². The van der Waals surface area contributed by atoms with E-state index in [9.17, 15) is 9.59 Å². The summed E-state index contributed by atoms with van der Waals surface area (Å²) in [6, 6.07) is 11.0. The summed E-state index contributed by atoms with van der Waals surface area (Å²) < 4.78 is 11.4. The van der Waals surface area contributed by atoms with Crippen molar-refractivity contribution < 1.29 is 18.7 Å². The highest BCUT2D eigenvalue weighted by molar-refractivity contribution is 7.23. The highest BCUT2D eigenvalue weighted by Gasteiger charge is 2.21. The lowest BCUT2D eigenvalue weighted by molar-refractivity contribution is -0.111. The van der Waals surface area contributed by atoms with Crippen molar-refractivity contribution >= 4 is 44.4 Å². The van der Waals surface area contributed by atoms with Gasteiger partial charge in [0.25, 0.3) is 0 Å². The Morgan fingerprint density at radius 3 is 2.85 bits per heavy atom. The number of anilines is 1. The van der Waals surface area contributed by atoms with Crippen LogP contribution in [0.15, 0.2) is 53.2 Å². The topological polar surface area (TPSA) is 68.5 Å². The summed E-state index contributed by atoms with van der Waals surface area (Å²) in [7, 11) is 0. The Balaban J connectivity index is 1.83. The van der Waals surface area contributed by atoms with Crippen LogP contribution in [0.5, 0.6) is 0 Å². The fraction of sp³-hybridized carbons (Fsp3) is 0.200. The smallest absolute Gasteiger partial charge is 0.341 e. The molecule has 1 amide bonds. The van der Waals surface area contributed by atoms with Crippen LogP contribution in [0.4, 0.5) is 5.00 Å². The standard InChI is InChI=1S/C20H19NO4S/c1-2-3-12-25-20(23)18-15-8-4-5-9-16(15)26-19(18)21-17(22)11-10-14-7-6-13-24-14/h4-11,13H,2-3,12H2,1H3,(H,21,22). The van der Waals surface area contributed by atoms with E-state index in [-0.39, 0.29) is 5.91 Å². The minimum Gasteiger partial charge on any atom is -0.465 e. The van der Waals surface area contributed by atoms with E-state index in [1.807, 2.05) is 31.2 Å². The Morgan fingerprint density at radius 1 is 1.23 bits per heavy atom. The molecule has 134 valence electrons. The number of amides is 1. The molecule has 0 radical (unpaired) electrons. The van der Waals surface area contributed by atoms with Gasteiger partial charge in [-0.3, -0.25) is 4.79 Å². The predicted octanol–water partition coefficient (Wildman–Crippen LogP) is 5.10. The fourth-order valence-corrected chi connectivity index (χ4v) is 3.51. The van der Waals surface area contributed by atoms with E-state index < -0.39 is 5.97 Å². The molecule has 5 nitrogen and oxygen atoms in total. The normalized spacial score (nSPS) is 11.1. The third kappa shape index (κ3) is 4.21. The van der Waals surface area contributed by atoms with Crippen LogP contribution in [-0.2, 0) is 9.53 Å². The van der Waals surface area contributed by atoms with Gasteiger partial charge in [-0.25, -0.2) is 4.79 Å². The minimum atomic E-state index is -0.416. The van der Waals surface area contributed by atoms with E-state index >= 15 is 0 Å². The largest absolute Gasteiger partial charge is 0.465 e. The Bertz CT molecular complexity index is 925. The van der Waals surface area contributed by atoms with Gasteiger partial charge in [-0.05, 0) is 30.7 Å². The summed E-state index contributed by atoms with van der Waals surface area (Å²) in [4.78, 5) is 24.8. The first kappa shape index (κ1) is 17.9. The third-order valence-electron chi connectivity index (χ3n) is 3.71. The van der Waals surface area contributed by atoms with Gasteiger partial charge in [0.1, 0.15) is 16.3 Å². The number of unbranched alkanes of at least 4 members (excludes halogenated alkanes) is 1. The zero-order valence-corrected chi connectivity index (χ0v) is 15.2. The Kier molecular flexibility index (Phi) is 5.86. The van der Waals surface area contributed by atoms with Crippen LogP contribution >= 0.6 is 11.3 Å². The Labute approximate surface area is 155 Å². The molecule has 0 aliphatic heterocycles. The molecule has 0 bridgehead atoms. The van der Waals surface area contributed by atoms with E-state index in [0.29, 0.717) is 22.9 Å². The average Bonchev–Trinajstić information content (AvgIpc) is 3.27. The number of ether oxygens (including phenoxy) is 1. The maximum Gasteiger partial charge on any atom is 0.341 e. The van der Waals surface area contributed by atoms with Crippen molar-refractivity contribution in [1.29, 1.82) is 0 Å². The number of hydrogen-bond donors (Lipinski definition) is 1. The summed E-state index contributed by atoms with van der Waals surface area (Å²) in [5, 5.41) is 4.05. The van der Waals surface area contributed by atoms with Crippen LogP contribution in [0.3, 0.4) is 0 Å². The number of fused-ring (bicyclic) bond motifs is 1. The first-order valence-electron chi connectivity index (χ1n) is 8.40. The van der Waals surface area contributed by atoms with E-state index in [0.717, 1.165) is 22.9 Å². The quantitative estimate of drug-likeness (QED) is 0.357. The number of esters is 1. The third-order valence-corrected chi connectivity index (χ3v) is 4.80. The van der Waals surface area contributed by atoms with Crippen molar-refractivity contribution in [2.75, 3.05) is 11.9 Å². The molecule has 26 heavy (non-hydrogen) atoms. The zero-order chi connectivity index (χ0) is 18.4. The van der Waals surface area contributed by atoms with Gasteiger partial charge in [0, 0.05) is 16.2 Å². The van der Waals surface area contributed by atoms with Gasteiger partial charge in [-0.2, -0.15) is 0 Å². The molecule has 0 aliphatic rings. The highest BCUT2D eigenvalue weighted by atomic mass is 32.1. The highest BCUT2D eigenvalue weighted by Crippen LogP contribution is 2.36. The van der Waals surface area contributed by atoms with E-state index in [1.165, 1.54) is 23.7 Å². The van der Waals surface area contributed by atoms with Gasteiger partial charge < -0.3 is 14.5 Å². The molecule has 2 heterocycles. The van der Waals surface area contributed by atoms with Crippen LogP contribution in [0, 0.1) is 0 Å². The SMILES string of the molecule is CCCCOC(=O)c1c(NC(=O)C=Cc2ccco2)sc2ccccc12. The maximum atomic E-state index is 12.5. The van der Waals surface area contributed by atoms with E-state index in [4.69, 9.17) is 9.15 Å². The zero-order valence-electron chi connectivity index (χ0n) is 14.4. The molecular weight excluding hydrogens is 350 g/mol. The summed E-state index contributed by atoms with van der Waals surface area (Å²) in [6.45, 7) is 2.40. The molecule has 0 aliphatic carbocycles. The lowest BCUT2D eigenvalue weighted by atomic mass is 10.1.